The maximum absolute atomic E-state index is 12.4. The highest BCUT2D eigenvalue weighted by molar-refractivity contribution is 7.91. The summed E-state index contributed by atoms with van der Waals surface area (Å²) in [7, 11) is -3.54. The third-order valence-corrected chi connectivity index (χ3v) is 5.23. The van der Waals surface area contributed by atoms with Gasteiger partial charge in [-0.25, -0.2) is 8.42 Å². The topological polar surface area (TPSA) is 37.4 Å². The number of hydrogen-bond acceptors (Lipinski definition) is 3. The zero-order valence-corrected chi connectivity index (χ0v) is 12.3. The van der Waals surface area contributed by atoms with Crippen molar-refractivity contribution in [2.75, 3.05) is 25.4 Å². The maximum Gasteiger partial charge on any atom is 0.416 e. The predicted octanol–water partition coefficient (Wildman–Crippen LogP) is 2.78. The summed E-state index contributed by atoms with van der Waals surface area (Å²) < 4.78 is 61.6. The monoisotopic (exact) mass is 320 g/mol. The van der Waals surface area contributed by atoms with E-state index in [2.05, 4.69) is 11.3 Å². The first-order valence-electron chi connectivity index (χ1n) is 6.73. The van der Waals surface area contributed by atoms with Crippen molar-refractivity contribution in [2.24, 2.45) is 0 Å². The summed E-state index contributed by atoms with van der Waals surface area (Å²) in [5, 5.41) is 0. The molecule has 0 radical (unpaired) electrons. The number of likely N-dealkylation sites (tertiary alicyclic amines) is 1. The molecule has 1 aliphatic rings. The van der Waals surface area contributed by atoms with E-state index in [1.54, 1.807) is 0 Å². The Morgan fingerprint density at radius 2 is 1.67 bits per heavy atom. The van der Waals surface area contributed by atoms with Gasteiger partial charge >= 0.3 is 6.18 Å². The van der Waals surface area contributed by atoms with Gasteiger partial charge in [-0.15, -0.1) is 0 Å². The Labute approximate surface area is 122 Å². The van der Waals surface area contributed by atoms with Crippen LogP contribution in [0.15, 0.2) is 29.2 Å². The van der Waals surface area contributed by atoms with Crippen molar-refractivity contribution in [3.63, 3.8) is 0 Å². The Morgan fingerprint density at radius 1 is 1.10 bits per heavy atom. The summed E-state index contributed by atoms with van der Waals surface area (Å²) in [4.78, 5) is 2.00. The molecule has 3 nitrogen and oxygen atoms in total. The van der Waals surface area contributed by atoms with Crippen molar-refractivity contribution in [3.8, 4) is 0 Å². The minimum atomic E-state index is -4.45. The zero-order valence-electron chi connectivity index (χ0n) is 11.4. The number of piperidine rings is 1. The van der Waals surface area contributed by atoms with E-state index in [4.69, 9.17) is 0 Å². The van der Waals surface area contributed by atoms with E-state index < -0.39 is 21.6 Å². The highest BCUT2D eigenvalue weighted by Crippen LogP contribution is 2.29. The minimum Gasteiger partial charge on any atom is -0.294 e. The first-order valence-corrected chi connectivity index (χ1v) is 8.38. The van der Waals surface area contributed by atoms with Crippen molar-refractivity contribution in [3.05, 3.63) is 36.2 Å². The van der Waals surface area contributed by atoms with E-state index in [1.807, 2.05) is 0 Å². The van der Waals surface area contributed by atoms with Crippen LogP contribution in [0.2, 0.25) is 0 Å². The fraction of sp³-hybridized carbons (Fsp3) is 0.500. The first-order chi connectivity index (χ1) is 9.79. The number of benzene rings is 1. The number of halogens is 3. The second kappa shape index (κ2) is 6.27. The average molecular weight is 320 g/mol. The molecule has 7 heteroatoms. The van der Waals surface area contributed by atoms with Crippen LogP contribution in [0.25, 0.3) is 0 Å². The number of alkyl halides is 3. The molecule has 0 atom stereocenters. The van der Waals surface area contributed by atoms with Gasteiger partial charge in [-0.3, -0.25) is 4.90 Å². The van der Waals surface area contributed by atoms with Crippen LogP contribution in [0.5, 0.6) is 0 Å². The van der Waals surface area contributed by atoms with Gasteiger partial charge in [-0.2, -0.15) is 13.2 Å². The van der Waals surface area contributed by atoms with Gasteiger partial charge in [-0.05, 0) is 24.3 Å². The molecule has 1 aliphatic heterocycles. The van der Waals surface area contributed by atoms with Crippen molar-refractivity contribution >= 4 is 9.84 Å². The summed E-state index contributed by atoms with van der Waals surface area (Å²) >= 11 is 0. The number of nitrogens with zero attached hydrogens (tertiary/aromatic N) is 1. The van der Waals surface area contributed by atoms with Crippen LogP contribution in [0, 0.1) is 6.42 Å². The molecule has 1 heterocycles. The predicted molar refractivity (Wildman–Crippen MR) is 73.5 cm³/mol. The highest BCUT2D eigenvalue weighted by atomic mass is 32.2. The second-order valence-electron chi connectivity index (χ2n) is 5.05. The van der Waals surface area contributed by atoms with Crippen LogP contribution in [0.1, 0.15) is 18.4 Å². The van der Waals surface area contributed by atoms with Gasteiger partial charge in [0.05, 0.1) is 22.6 Å². The van der Waals surface area contributed by atoms with Crippen LogP contribution >= 0.6 is 0 Å². The van der Waals surface area contributed by atoms with Crippen LogP contribution in [-0.4, -0.2) is 38.7 Å². The summed E-state index contributed by atoms with van der Waals surface area (Å²) in [5.74, 6) is -0.0711. The number of sulfone groups is 1. The molecule has 116 valence electrons. The van der Waals surface area contributed by atoms with E-state index >= 15 is 0 Å². The molecule has 1 aromatic carbocycles. The molecule has 0 amide bonds. The van der Waals surface area contributed by atoms with Crippen LogP contribution in [-0.2, 0) is 16.0 Å². The lowest BCUT2D eigenvalue weighted by molar-refractivity contribution is -0.137. The lowest BCUT2D eigenvalue weighted by Crippen LogP contribution is -2.34. The summed E-state index contributed by atoms with van der Waals surface area (Å²) in [5.41, 5.74) is -0.840. The molecule has 0 spiro atoms. The van der Waals surface area contributed by atoms with E-state index in [9.17, 15) is 21.6 Å². The van der Waals surface area contributed by atoms with Crippen molar-refractivity contribution < 1.29 is 21.6 Å². The summed E-state index contributed by atoms with van der Waals surface area (Å²) in [6, 6.07) is 3.68. The molecule has 0 bridgehead atoms. The molecule has 2 rings (SSSR count). The van der Waals surface area contributed by atoms with Gasteiger partial charge < -0.3 is 0 Å². The Morgan fingerprint density at radius 3 is 2.19 bits per heavy atom. The van der Waals surface area contributed by atoms with Crippen molar-refractivity contribution in [2.45, 2.75) is 23.9 Å². The SMILES string of the molecule is O=S(=O)(CCN1CC[CH+]CC1)c1ccc(C(F)(F)F)cc1. The maximum atomic E-state index is 12.4. The van der Waals surface area contributed by atoms with Gasteiger partial charge in [0.15, 0.2) is 9.84 Å². The van der Waals surface area contributed by atoms with Crippen LogP contribution < -0.4 is 0 Å². The van der Waals surface area contributed by atoms with Crippen molar-refractivity contribution in [1.29, 1.82) is 0 Å². The van der Waals surface area contributed by atoms with Gasteiger partial charge in [0.2, 0.25) is 0 Å². The summed E-state index contributed by atoms with van der Waals surface area (Å²) in [6.45, 7) is 2.09. The Bertz CT molecular complexity index is 561. The minimum absolute atomic E-state index is 0.0564. The lowest BCUT2D eigenvalue weighted by atomic mass is 10.1. The highest BCUT2D eigenvalue weighted by Gasteiger charge is 2.30. The average Bonchev–Trinajstić information content (AvgIpc) is 2.46. The largest absolute Gasteiger partial charge is 0.416 e. The molecule has 0 N–H and O–H groups in total. The molecule has 0 saturated carbocycles. The summed E-state index contributed by atoms with van der Waals surface area (Å²) in [6.07, 6.45) is -0.395. The zero-order chi connectivity index (χ0) is 15.5. The molecule has 0 aliphatic carbocycles. The molecular weight excluding hydrogens is 303 g/mol. The van der Waals surface area contributed by atoms with Crippen LogP contribution in [0.3, 0.4) is 0 Å². The molecule has 1 fully saturated rings. The second-order valence-corrected chi connectivity index (χ2v) is 7.16. The molecule has 1 saturated heterocycles. The number of hydrogen-bond donors (Lipinski definition) is 0. The Balaban J connectivity index is 2.01. The normalized spacial score (nSPS) is 17.5. The third kappa shape index (κ3) is 4.38. The molecular formula is C14H17F3NO2S+. The lowest BCUT2D eigenvalue weighted by Gasteiger charge is -2.22. The Hall–Kier alpha value is -1.21. The fourth-order valence-corrected chi connectivity index (χ4v) is 3.53. The quantitative estimate of drug-likeness (QED) is 0.801. The standard InChI is InChI=1S/C14H17F3NO2S/c15-14(16,17)12-4-6-13(7-5-12)21(19,20)11-10-18-8-2-1-3-9-18/h1,4-7H,2-3,8-11H2/q+1. The fourth-order valence-electron chi connectivity index (χ4n) is 2.25. The smallest absolute Gasteiger partial charge is 0.294 e. The molecule has 0 unspecified atom stereocenters. The van der Waals surface area contributed by atoms with Gasteiger partial charge in [-0.1, -0.05) is 0 Å². The van der Waals surface area contributed by atoms with Gasteiger partial charge in [0.1, 0.15) is 12.8 Å². The van der Waals surface area contributed by atoms with E-state index in [-0.39, 0.29) is 10.6 Å². The molecule has 0 aromatic heterocycles. The van der Waals surface area contributed by atoms with E-state index in [0.717, 1.165) is 50.2 Å². The first kappa shape index (κ1) is 16.2. The van der Waals surface area contributed by atoms with Gasteiger partial charge in [0.25, 0.3) is 0 Å². The third-order valence-electron chi connectivity index (χ3n) is 3.52. The van der Waals surface area contributed by atoms with Crippen molar-refractivity contribution in [1.82, 2.24) is 4.90 Å². The van der Waals surface area contributed by atoms with Gasteiger partial charge in [0, 0.05) is 19.6 Å². The number of rotatable bonds is 4. The molecule has 21 heavy (non-hydrogen) atoms. The molecule has 1 aromatic rings. The van der Waals surface area contributed by atoms with E-state index in [0.29, 0.717) is 6.54 Å². The van der Waals surface area contributed by atoms with Crippen LogP contribution in [0.4, 0.5) is 13.2 Å². The Kier molecular flexibility index (Phi) is 4.83. The van der Waals surface area contributed by atoms with E-state index in [1.165, 1.54) is 0 Å².